The summed E-state index contributed by atoms with van der Waals surface area (Å²) in [4.78, 5) is 41.2. The first-order valence-electron chi connectivity index (χ1n) is 8.14. The number of rotatable bonds is 3. The summed E-state index contributed by atoms with van der Waals surface area (Å²) in [5.74, 6) is -1.37. The number of sulfonamides is 1. The molecule has 1 amide bonds. The minimum atomic E-state index is -4.22. The van der Waals surface area contributed by atoms with Crippen molar-refractivity contribution in [2.45, 2.75) is 11.8 Å². The third-order valence-corrected chi connectivity index (χ3v) is 6.04. The molecular weight excluding hydrogens is 422 g/mol. The van der Waals surface area contributed by atoms with E-state index >= 15 is 0 Å². The molecule has 12 heteroatoms. The van der Waals surface area contributed by atoms with Crippen molar-refractivity contribution in [3.05, 3.63) is 61.3 Å². The number of aromatic nitrogens is 3. The second-order valence-corrected chi connectivity index (χ2v) is 8.41. The molecular formula is C17H16ClN5O5S. The third kappa shape index (κ3) is 3.38. The van der Waals surface area contributed by atoms with Gasteiger partial charge in [-0.05, 0) is 36.8 Å². The van der Waals surface area contributed by atoms with Crippen molar-refractivity contribution in [1.29, 1.82) is 0 Å². The number of hydrogen-bond acceptors (Lipinski definition) is 7. The average Bonchev–Trinajstić information content (AvgIpc) is 2.64. The van der Waals surface area contributed by atoms with E-state index in [4.69, 9.17) is 17.3 Å². The van der Waals surface area contributed by atoms with E-state index in [0.717, 1.165) is 9.13 Å². The molecule has 0 saturated carbocycles. The summed E-state index contributed by atoms with van der Waals surface area (Å²) in [6.45, 7) is 1.43. The Balaban J connectivity index is 2.17. The lowest BCUT2D eigenvalue weighted by Crippen LogP contribution is -2.38. The van der Waals surface area contributed by atoms with Gasteiger partial charge < -0.3 is 5.73 Å². The molecule has 10 nitrogen and oxygen atoms in total. The van der Waals surface area contributed by atoms with Gasteiger partial charge in [-0.25, -0.2) is 22.9 Å². The molecule has 1 aromatic carbocycles. The maximum atomic E-state index is 12.7. The monoisotopic (exact) mass is 437 g/mol. The van der Waals surface area contributed by atoms with Crippen LogP contribution in [0, 0.1) is 6.92 Å². The first kappa shape index (κ1) is 20.6. The molecule has 0 radical (unpaired) electrons. The van der Waals surface area contributed by atoms with Gasteiger partial charge in [-0.2, -0.15) is 0 Å². The molecule has 0 spiro atoms. The van der Waals surface area contributed by atoms with E-state index in [1.165, 1.54) is 45.3 Å². The van der Waals surface area contributed by atoms with Gasteiger partial charge in [0.2, 0.25) is 0 Å². The largest absolute Gasteiger partial charge is 0.383 e. The molecule has 0 atom stereocenters. The third-order valence-electron chi connectivity index (χ3n) is 4.44. The molecule has 3 aromatic rings. The molecule has 3 rings (SSSR count). The van der Waals surface area contributed by atoms with Gasteiger partial charge in [-0.3, -0.25) is 18.7 Å². The van der Waals surface area contributed by atoms with Crippen molar-refractivity contribution in [2.75, 3.05) is 5.73 Å². The summed E-state index contributed by atoms with van der Waals surface area (Å²) in [7, 11) is -1.54. The number of nitrogens with two attached hydrogens (primary N) is 1. The van der Waals surface area contributed by atoms with Gasteiger partial charge in [-0.15, -0.1) is 0 Å². The van der Waals surface area contributed by atoms with E-state index in [9.17, 15) is 22.8 Å². The Bertz CT molecular complexity index is 1390. The molecule has 0 bridgehead atoms. The number of nitrogens with one attached hydrogen (secondary N) is 1. The number of anilines is 1. The average molecular weight is 438 g/mol. The van der Waals surface area contributed by atoms with Crippen LogP contribution in [0.25, 0.3) is 11.0 Å². The lowest BCUT2D eigenvalue weighted by Gasteiger charge is -2.14. The SMILES string of the molecule is Cc1c(C(=O)NS(=O)(=O)c2ccc(Cl)cc2)c(N)nc2c1c(=O)n(C)c(=O)n2C. The van der Waals surface area contributed by atoms with E-state index in [0.29, 0.717) is 5.02 Å². The molecule has 0 aliphatic carbocycles. The van der Waals surface area contributed by atoms with Crippen LogP contribution in [0.5, 0.6) is 0 Å². The number of halogens is 1. The summed E-state index contributed by atoms with van der Waals surface area (Å²) in [6, 6.07) is 5.20. The van der Waals surface area contributed by atoms with Crippen LogP contribution in [0.3, 0.4) is 0 Å². The van der Waals surface area contributed by atoms with E-state index in [1.54, 1.807) is 0 Å². The second-order valence-electron chi connectivity index (χ2n) is 6.29. The Hall–Kier alpha value is -3.18. The van der Waals surface area contributed by atoms with Gasteiger partial charge in [0.15, 0.2) is 5.65 Å². The van der Waals surface area contributed by atoms with Crippen LogP contribution in [-0.2, 0) is 24.1 Å². The van der Waals surface area contributed by atoms with E-state index in [1.807, 2.05) is 4.72 Å². The minimum Gasteiger partial charge on any atom is -0.383 e. The smallest absolute Gasteiger partial charge is 0.332 e. The molecule has 3 N–H and O–H groups in total. The molecule has 2 heterocycles. The van der Waals surface area contributed by atoms with Crippen LogP contribution in [0.4, 0.5) is 5.82 Å². The van der Waals surface area contributed by atoms with E-state index in [-0.39, 0.29) is 32.9 Å². The quantitative estimate of drug-likeness (QED) is 0.598. The van der Waals surface area contributed by atoms with Gasteiger partial charge >= 0.3 is 5.69 Å². The molecule has 0 aliphatic heterocycles. The lowest BCUT2D eigenvalue weighted by molar-refractivity contribution is 0.0981. The highest BCUT2D eigenvalue weighted by atomic mass is 35.5. The molecule has 2 aromatic heterocycles. The van der Waals surface area contributed by atoms with Crippen LogP contribution in [0.15, 0.2) is 38.8 Å². The van der Waals surface area contributed by atoms with Crippen LogP contribution < -0.4 is 21.7 Å². The first-order chi connectivity index (χ1) is 13.5. The van der Waals surface area contributed by atoms with Crippen molar-refractivity contribution in [1.82, 2.24) is 18.8 Å². The number of nitrogens with zero attached hydrogens (tertiary/aromatic N) is 3. The number of carbonyl (C=O) groups is 1. The van der Waals surface area contributed by atoms with Gasteiger partial charge in [0.05, 0.1) is 15.8 Å². The fraction of sp³-hybridized carbons (Fsp3) is 0.176. The standard InChI is InChI=1S/C17H16ClN5O5S/c1-8-11(15(24)21-29(27,28)10-6-4-9(18)5-7-10)13(19)20-14-12(8)16(25)23(3)17(26)22(14)2/h4-7H,1-3H3,(H2,19,20)(H,21,24). The Labute approximate surface area is 169 Å². The highest BCUT2D eigenvalue weighted by molar-refractivity contribution is 7.90. The fourth-order valence-corrected chi connectivity index (χ4v) is 4.00. The number of pyridine rings is 1. The molecule has 152 valence electrons. The summed E-state index contributed by atoms with van der Waals surface area (Å²) < 4.78 is 28.9. The molecule has 29 heavy (non-hydrogen) atoms. The fourth-order valence-electron chi connectivity index (χ4n) is 2.91. The predicted molar refractivity (Wildman–Crippen MR) is 107 cm³/mol. The van der Waals surface area contributed by atoms with Gasteiger partial charge in [0.1, 0.15) is 5.82 Å². The van der Waals surface area contributed by atoms with Crippen LogP contribution in [0.1, 0.15) is 15.9 Å². The van der Waals surface area contributed by atoms with E-state index in [2.05, 4.69) is 4.98 Å². The first-order valence-corrected chi connectivity index (χ1v) is 10.0. The Morgan fingerprint density at radius 1 is 1.14 bits per heavy atom. The van der Waals surface area contributed by atoms with Crippen molar-refractivity contribution in [3.63, 3.8) is 0 Å². The number of aryl methyl sites for hydroxylation is 2. The lowest BCUT2D eigenvalue weighted by atomic mass is 10.1. The van der Waals surface area contributed by atoms with Crippen LogP contribution in [0.2, 0.25) is 5.02 Å². The van der Waals surface area contributed by atoms with Crippen LogP contribution >= 0.6 is 11.6 Å². The minimum absolute atomic E-state index is 0.00907. The zero-order valence-electron chi connectivity index (χ0n) is 15.6. The Morgan fingerprint density at radius 2 is 1.72 bits per heavy atom. The summed E-state index contributed by atoms with van der Waals surface area (Å²) in [5.41, 5.74) is 4.39. The summed E-state index contributed by atoms with van der Waals surface area (Å²) >= 11 is 5.75. The second kappa shape index (κ2) is 7.01. The van der Waals surface area contributed by atoms with Gasteiger partial charge in [0, 0.05) is 19.1 Å². The zero-order valence-corrected chi connectivity index (χ0v) is 17.1. The van der Waals surface area contributed by atoms with Crippen molar-refractivity contribution in [2.24, 2.45) is 14.1 Å². The Kier molecular flexibility index (Phi) is 4.97. The summed E-state index contributed by atoms with van der Waals surface area (Å²) in [5, 5.41) is 0.313. The molecule has 0 fully saturated rings. The molecule has 0 unspecified atom stereocenters. The summed E-state index contributed by atoms with van der Waals surface area (Å²) in [6.07, 6.45) is 0. The van der Waals surface area contributed by atoms with Crippen molar-refractivity contribution >= 4 is 44.4 Å². The van der Waals surface area contributed by atoms with Gasteiger partial charge in [-0.1, -0.05) is 11.6 Å². The highest BCUT2D eigenvalue weighted by Gasteiger charge is 2.25. The maximum Gasteiger partial charge on any atom is 0.332 e. The van der Waals surface area contributed by atoms with E-state index < -0.39 is 27.2 Å². The number of nitrogen functional groups attached to an aromatic ring is 1. The highest BCUT2D eigenvalue weighted by Crippen LogP contribution is 2.22. The number of fused-ring (bicyclic) bond motifs is 1. The van der Waals surface area contributed by atoms with Crippen molar-refractivity contribution < 1.29 is 13.2 Å². The number of carbonyl (C=O) groups excluding carboxylic acids is 1. The maximum absolute atomic E-state index is 12.7. The van der Waals surface area contributed by atoms with Crippen molar-refractivity contribution in [3.8, 4) is 0 Å². The molecule has 0 saturated heterocycles. The number of benzene rings is 1. The zero-order chi connectivity index (χ0) is 21.7. The topological polar surface area (TPSA) is 146 Å². The molecule has 0 aliphatic rings. The number of amides is 1. The Morgan fingerprint density at radius 3 is 2.31 bits per heavy atom. The van der Waals surface area contributed by atoms with Gasteiger partial charge in [0.25, 0.3) is 21.5 Å². The van der Waals surface area contributed by atoms with Crippen LogP contribution in [-0.4, -0.2) is 28.4 Å². The number of hydrogen-bond donors (Lipinski definition) is 2. The predicted octanol–water partition coefficient (Wildman–Crippen LogP) is 0.295. The normalized spacial score (nSPS) is 11.6.